The first-order chi connectivity index (χ1) is 14.7. The molecule has 0 saturated carbocycles. The molecule has 2 heterocycles. The standard InChI is InChI=1S/C24H29N5O/c1-18(29-13-12-19-8-6-7-11-21(19)16-29)14-26-24(25-2)27-15-22-17-30-23(28-22)20-9-4-3-5-10-20/h3-11,17-18H,12-16H2,1-2H3,(H2,25,26,27). The third-order valence-electron chi connectivity index (χ3n) is 5.58. The van der Waals surface area contributed by atoms with Crippen LogP contribution in [0.2, 0.25) is 0 Å². The lowest BCUT2D eigenvalue weighted by Gasteiger charge is -2.34. The molecule has 4 rings (SSSR count). The first-order valence-electron chi connectivity index (χ1n) is 10.5. The van der Waals surface area contributed by atoms with E-state index in [1.807, 2.05) is 30.3 Å². The molecule has 1 aliphatic rings. The van der Waals surface area contributed by atoms with Gasteiger partial charge in [0.15, 0.2) is 5.96 Å². The number of aromatic nitrogens is 1. The van der Waals surface area contributed by atoms with Gasteiger partial charge in [-0.2, -0.15) is 0 Å². The van der Waals surface area contributed by atoms with Gasteiger partial charge in [0.25, 0.3) is 0 Å². The van der Waals surface area contributed by atoms with Crippen LogP contribution in [-0.4, -0.2) is 42.0 Å². The zero-order valence-electron chi connectivity index (χ0n) is 17.6. The second-order valence-corrected chi connectivity index (χ2v) is 7.65. The number of fused-ring (bicyclic) bond motifs is 1. The third-order valence-corrected chi connectivity index (χ3v) is 5.58. The first kappa shape index (κ1) is 20.2. The molecule has 1 unspecified atom stereocenters. The molecule has 2 aromatic carbocycles. The fourth-order valence-corrected chi connectivity index (χ4v) is 3.76. The molecule has 6 heteroatoms. The van der Waals surface area contributed by atoms with Gasteiger partial charge in [0.2, 0.25) is 5.89 Å². The van der Waals surface area contributed by atoms with Crippen molar-refractivity contribution in [1.29, 1.82) is 0 Å². The fraction of sp³-hybridized carbons (Fsp3) is 0.333. The molecular weight excluding hydrogens is 374 g/mol. The van der Waals surface area contributed by atoms with E-state index >= 15 is 0 Å². The van der Waals surface area contributed by atoms with Gasteiger partial charge in [-0.25, -0.2) is 4.98 Å². The molecule has 3 aromatic rings. The predicted octanol–water partition coefficient (Wildman–Crippen LogP) is 3.45. The van der Waals surface area contributed by atoms with Gasteiger partial charge >= 0.3 is 0 Å². The van der Waals surface area contributed by atoms with Gasteiger partial charge in [-0.1, -0.05) is 42.5 Å². The maximum Gasteiger partial charge on any atom is 0.226 e. The number of benzene rings is 2. The Morgan fingerprint density at radius 2 is 1.87 bits per heavy atom. The van der Waals surface area contributed by atoms with Crippen LogP contribution in [0.25, 0.3) is 11.5 Å². The quantitative estimate of drug-likeness (QED) is 0.487. The molecule has 2 N–H and O–H groups in total. The molecule has 0 saturated heterocycles. The number of nitrogens with one attached hydrogen (secondary N) is 2. The zero-order chi connectivity index (χ0) is 20.8. The average Bonchev–Trinajstić information content (AvgIpc) is 3.28. The van der Waals surface area contributed by atoms with Crippen LogP contribution in [0.3, 0.4) is 0 Å². The van der Waals surface area contributed by atoms with Gasteiger partial charge in [-0.15, -0.1) is 0 Å². The Balaban J connectivity index is 1.26. The molecule has 30 heavy (non-hydrogen) atoms. The third kappa shape index (κ3) is 4.89. The predicted molar refractivity (Wildman–Crippen MR) is 120 cm³/mol. The fourth-order valence-electron chi connectivity index (χ4n) is 3.76. The Morgan fingerprint density at radius 1 is 1.10 bits per heavy atom. The summed E-state index contributed by atoms with van der Waals surface area (Å²) in [6.45, 7) is 5.74. The van der Waals surface area contributed by atoms with Crippen molar-refractivity contribution in [3.05, 3.63) is 77.7 Å². The minimum absolute atomic E-state index is 0.411. The SMILES string of the molecule is CN=C(NCc1coc(-c2ccccc2)n1)NCC(C)N1CCc2ccccc2C1. The minimum Gasteiger partial charge on any atom is -0.444 e. The van der Waals surface area contributed by atoms with E-state index < -0.39 is 0 Å². The van der Waals surface area contributed by atoms with E-state index in [0.717, 1.165) is 43.3 Å². The molecule has 6 nitrogen and oxygen atoms in total. The summed E-state index contributed by atoms with van der Waals surface area (Å²) in [5.41, 5.74) is 4.74. The average molecular weight is 404 g/mol. The highest BCUT2D eigenvalue weighted by atomic mass is 16.3. The number of rotatable bonds is 6. The Hall–Kier alpha value is -3.12. The van der Waals surface area contributed by atoms with Crippen molar-refractivity contribution in [2.75, 3.05) is 20.1 Å². The lowest BCUT2D eigenvalue weighted by Crippen LogP contribution is -2.47. The molecule has 0 spiro atoms. The molecule has 0 radical (unpaired) electrons. The highest BCUT2D eigenvalue weighted by molar-refractivity contribution is 5.79. The van der Waals surface area contributed by atoms with Crippen LogP contribution in [0.5, 0.6) is 0 Å². The van der Waals surface area contributed by atoms with Crippen molar-refractivity contribution in [2.45, 2.75) is 32.5 Å². The summed E-state index contributed by atoms with van der Waals surface area (Å²) in [6, 6.07) is 19.1. The zero-order valence-corrected chi connectivity index (χ0v) is 17.6. The summed E-state index contributed by atoms with van der Waals surface area (Å²) >= 11 is 0. The van der Waals surface area contributed by atoms with Crippen LogP contribution in [0, 0.1) is 0 Å². The van der Waals surface area contributed by atoms with Crippen LogP contribution >= 0.6 is 0 Å². The Morgan fingerprint density at radius 3 is 2.67 bits per heavy atom. The van der Waals surface area contributed by atoms with E-state index in [2.05, 4.69) is 56.7 Å². The molecule has 0 fully saturated rings. The van der Waals surface area contributed by atoms with E-state index in [0.29, 0.717) is 18.5 Å². The lowest BCUT2D eigenvalue weighted by molar-refractivity contribution is 0.191. The summed E-state index contributed by atoms with van der Waals surface area (Å²) in [5.74, 6) is 1.40. The maximum atomic E-state index is 5.60. The van der Waals surface area contributed by atoms with E-state index in [1.54, 1.807) is 13.3 Å². The molecule has 1 atom stereocenters. The second-order valence-electron chi connectivity index (χ2n) is 7.65. The number of nitrogens with zero attached hydrogens (tertiary/aromatic N) is 3. The maximum absolute atomic E-state index is 5.60. The molecule has 0 amide bonds. The second kappa shape index (κ2) is 9.59. The highest BCUT2D eigenvalue weighted by Crippen LogP contribution is 2.20. The molecule has 1 aliphatic heterocycles. The molecule has 0 aliphatic carbocycles. The number of oxazole rings is 1. The molecule has 156 valence electrons. The molecule has 0 bridgehead atoms. The van der Waals surface area contributed by atoms with Crippen LogP contribution in [0.15, 0.2) is 70.3 Å². The van der Waals surface area contributed by atoms with Crippen molar-refractivity contribution >= 4 is 5.96 Å². The molecule has 1 aromatic heterocycles. The van der Waals surface area contributed by atoms with Gasteiger partial charge in [0, 0.05) is 38.3 Å². The summed E-state index contributed by atoms with van der Waals surface area (Å²) in [7, 11) is 1.79. The van der Waals surface area contributed by atoms with E-state index in [9.17, 15) is 0 Å². The number of hydrogen-bond acceptors (Lipinski definition) is 4. The van der Waals surface area contributed by atoms with Gasteiger partial charge in [-0.3, -0.25) is 9.89 Å². The Bertz CT molecular complexity index is 982. The smallest absolute Gasteiger partial charge is 0.226 e. The largest absolute Gasteiger partial charge is 0.444 e. The number of hydrogen-bond donors (Lipinski definition) is 2. The van der Waals surface area contributed by atoms with Crippen LogP contribution in [-0.2, 0) is 19.5 Å². The van der Waals surface area contributed by atoms with Crippen LogP contribution < -0.4 is 10.6 Å². The van der Waals surface area contributed by atoms with Crippen LogP contribution in [0.1, 0.15) is 23.7 Å². The number of aliphatic imine (C=N–C) groups is 1. The summed E-state index contributed by atoms with van der Waals surface area (Å²) in [5, 5.41) is 6.76. The normalized spacial score (nSPS) is 15.5. The Labute approximate surface area is 178 Å². The monoisotopic (exact) mass is 403 g/mol. The first-order valence-corrected chi connectivity index (χ1v) is 10.5. The van der Waals surface area contributed by atoms with Crippen molar-refractivity contribution in [3.8, 4) is 11.5 Å². The van der Waals surface area contributed by atoms with Gasteiger partial charge < -0.3 is 15.1 Å². The summed E-state index contributed by atoms with van der Waals surface area (Å²) in [4.78, 5) is 11.4. The van der Waals surface area contributed by atoms with Crippen molar-refractivity contribution in [1.82, 2.24) is 20.5 Å². The molecular formula is C24H29N5O. The summed E-state index contributed by atoms with van der Waals surface area (Å²) < 4.78 is 5.60. The van der Waals surface area contributed by atoms with Crippen LogP contribution in [0.4, 0.5) is 0 Å². The van der Waals surface area contributed by atoms with Gasteiger partial charge in [0.1, 0.15) is 6.26 Å². The Kier molecular flexibility index (Phi) is 6.44. The van der Waals surface area contributed by atoms with Gasteiger partial charge in [0.05, 0.1) is 12.2 Å². The van der Waals surface area contributed by atoms with E-state index in [-0.39, 0.29) is 0 Å². The van der Waals surface area contributed by atoms with Crippen molar-refractivity contribution in [3.63, 3.8) is 0 Å². The van der Waals surface area contributed by atoms with E-state index in [4.69, 9.17) is 4.42 Å². The highest BCUT2D eigenvalue weighted by Gasteiger charge is 2.20. The van der Waals surface area contributed by atoms with Crippen molar-refractivity contribution < 1.29 is 4.42 Å². The van der Waals surface area contributed by atoms with Gasteiger partial charge in [-0.05, 0) is 36.6 Å². The minimum atomic E-state index is 0.411. The lowest BCUT2D eigenvalue weighted by atomic mass is 9.99. The van der Waals surface area contributed by atoms with Crippen molar-refractivity contribution in [2.24, 2.45) is 4.99 Å². The van der Waals surface area contributed by atoms with E-state index in [1.165, 1.54) is 11.1 Å². The number of guanidine groups is 1. The summed E-state index contributed by atoms with van der Waals surface area (Å²) in [6.07, 6.45) is 2.81. The topological polar surface area (TPSA) is 65.7 Å².